The molecule has 1 aliphatic rings. The zero-order chi connectivity index (χ0) is 22.4. The molecular formula is C25H20N4O3. The van der Waals surface area contributed by atoms with Crippen molar-refractivity contribution in [1.29, 1.82) is 0 Å². The zero-order valence-electron chi connectivity index (χ0n) is 17.6. The summed E-state index contributed by atoms with van der Waals surface area (Å²) in [6, 6.07) is 19.0. The molecule has 0 radical (unpaired) electrons. The molecule has 0 fully saturated rings. The lowest BCUT2D eigenvalue weighted by Gasteiger charge is -2.22. The Labute approximate surface area is 184 Å². The standard InChI is InChI=1S/C25H20N4O3/c1-15-9-8-14-28-21(15)26-20(17-10-4-3-5-11-17)22(28)27-23(30)16(2)29-24(31)18-12-6-7-13-19(18)25(29)32/h3-14,16H,1-2H3,(H,27,30). The molecule has 3 amide bonds. The number of nitrogens with one attached hydrogen (secondary N) is 1. The molecular weight excluding hydrogens is 404 g/mol. The number of pyridine rings is 1. The van der Waals surface area contributed by atoms with Gasteiger partial charge in [-0.05, 0) is 37.6 Å². The molecule has 4 aromatic rings. The Balaban J connectivity index is 1.52. The van der Waals surface area contributed by atoms with Gasteiger partial charge in [0, 0.05) is 11.8 Å². The molecule has 0 bridgehead atoms. The number of amides is 3. The molecule has 2 aromatic carbocycles. The molecule has 2 aromatic heterocycles. The fourth-order valence-electron chi connectivity index (χ4n) is 4.02. The Hall–Kier alpha value is -4.26. The molecule has 0 saturated heterocycles. The fraction of sp³-hybridized carbons (Fsp3) is 0.120. The average molecular weight is 424 g/mol. The quantitative estimate of drug-likeness (QED) is 0.503. The second kappa shape index (κ2) is 7.46. The Bertz CT molecular complexity index is 1360. The predicted octanol–water partition coefficient (Wildman–Crippen LogP) is 3.93. The summed E-state index contributed by atoms with van der Waals surface area (Å²) in [6.07, 6.45) is 1.82. The number of benzene rings is 2. The van der Waals surface area contributed by atoms with Crippen LogP contribution in [0.4, 0.5) is 5.82 Å². The monoisotopic (exact) mass is 424 g/mol. The van der Waals surface area contributed by atoms with Crippen LogP contribution in [0, 0.1) is 6.92 Å². The number of imidazole rings is 1. The average Bonchev–Trinajstić information content (AvgIpc) is 3.30. The van der Waals surface area contributed by atoms with Crippen LogP contribution in [-0.2, 0) is 4.79 Å². The second-order valence-electron chi connectivity index (χ2n) is 7.75. The van der Waals surface area contributed by atoms with Gasteiger partial charge in [-0.1, -0.05) is 48.5 Å². The van der Waals surface area contributed by atoms with Crippen molar-refractivity contribution in [3.63, 3.8) is 0 Å². The van der Waals surface area contributed by atoms with E-state index in [2.05, 4.69) is 5.32 Å². The molecule has 0 saturated carbocycles. The molecule has 0 spiro atoms. The smallest absolute Gasteiger partial charge is 0.262 e. The van der Waals surface area contributed by atoms with Gasteiger partial charge in [-0.3, -0.25) is 23.7 Å². The number of anilines is 1. The number of nitrogens with zero attached hydrogens (tertiary/aromatic N) is 3. The maximum atomic E-state index is 13.3. The van der Waals surface area contributed by atoms with Crippen molar-refractivity contribution >= 4 is 29.2 Å². The molecule has 1 aliphatic heterocycles. The minimum Gasteiger partial charge on any atom is -0.308 e. The third kappa shape index (κ3) is 2.98. The highest BCUT2D eigenvalue weighted by Gasteiger charge is 2.40. The van der Waals surface area contributed by atoms with Gasteiger partial charge in [0.1, 0.15) is 23.2 Å². The Morgan fingerprint density at radius 3 is 2.19 bits per heavy atom. The molecule has 3 heterocycles. The van der Waals surface area contributed by atoms with Crippen molar-refractivity contribution in [3.8, 4) is 11.3 Å². The summed E-state index contributed by atoms with van der Waals surface area (Å²) in [5.74, 6) is -0.917. The first-order valence-electron chi connectivity index (χ1n) is 10.3. The lowest BCUT2D eigenvalue weighted by molar-refractivity contribution is -0.119. The summed E-state index contributed by atoms with van der Waals surface area (Å²) in [6.45, 7) is 3.50. The van der Waals surface area contributed by atoms with E-state index in [4.69, 9.17) is 4.98 Å². The van der Waals surface area contributed by atoms with Gasteiger partial charge in [0.2, 0.25) is 5.91 Å². The largest absolute Gasteiger partial charge is 0.308 e. The van der Waals surface area contributed by atoms with Gasteiger partial charge >= 0.3 is 0 Å². The molecule has 1 N–H and O–H groups in total. The van der Waals surface area contributed by atoms with Gasteiger partial charge in [0.05, 0.1) is 11.1 Å². The first-order chi connectivity index (χ1) is 15.5. The van der Waals surface area contributed by atoms with E-state index < -0.39 is 23.8 Å². The van der Waals surface area contributed by atoms with Crippen molar-refractivity contribution in [3.05, 3.63) is 89.6 Å². The Morgan fingerprint density at radius 2 is 1.53 bits per heavy atom. The molecule has 0 aliphatic carbocycles. The first-order valence-corrected chi connectivity index (χ1v) is 10.3. The summed E-state index contributed by atoms with van der Waals surface area (Å²) in [4.78, 5) is 44.6. The molecule has 158 valence electrons. The zero-order valence-corrected chi connectivity index (χ0v) is 17.6. The summed E-state index contributed by atoms with van der Waals surface area (Å²) in [7, 11) is 0. The highest BCUT2D eigenvalue weighted by atomic mass is 16.2. The number of hydrogen-bond acceptors (Lipinski definition) is 4. The topological polar surface area (TPSA) is 83.8 Å². The van der Waals surface area contributed by atoms with Crippen LogP contribution in [0.5, 0.6) is 0 Å². The molecule has 5 rings (SSSR count). The maximum Gasteiger partial charge on any atom is 0.262 e. The van der Waals surface area contributed by atoms with Crippen LogP contribution in [0.3, 0.4) is 0 Å². The van der Waals surface area contributed by atoms with Gasteiger partial charge in [0.15, 0.2) is 0 Å². The van der Waals surface area contributed by atoms with E-state index in [0.717, 1.165) is 21.7 Å². The van der Waals surface area contributed by atoms with E-state index in [0.29, 0.717) is 22.6 Å². The van der Waals surface area contributed by atoms with Gasteiger partial charge in [-0.2, -0.15) is 0 Å². The van der Waals surface area contributed by atoms with Gasteiger partial charge in [-0.15, -0.1) is 0 Å². The van der Waals surface area contributed by atoms with E-state index >= 15 is 0 Å². The minimum absolute atomic E-state index is 0.313. The minimum atomic E-state index is -0.999. The van der Waals surface area contributed by atoms with Crippen LogP contribution < -0.4 is 5.32 Å². The molecule has 32 heavy (non-hydrogen) atoms. The maximum absolute atomic E-state index is 13.3. The van der Waals surface area contributed by atoms with Crippen molar-refractivity contribution in [2.75, 3.05) is 5.32 Å². The van der Waals surface area contributed by atoms with E-state index in [9.17, 15) is 14.4 Å². The number of rotatable bonds is 4. The summed E-state index contributed by atoms with van der Waals surface area (Å²) >= 11 is 0. The van der Waals surface area contributed by atoms with Crippen molar-refractivity contribution in [2.45, 2.75) is 19.9 Å². The number of carbonyl (C=O) groups excluding carboxylic acids is 3. The molecule has 1 atom stereocenters. The number of aromatic nitrogens is 2. The van der Waals surface area contributed by atoms with Crippen molar-refractivity contribution < 1.29 is 14.4 Å². The van der Waals surface area contributed by atoms with Crippen LogP contribution in [0.15, 0.2) is 72.9 Å². The van der Waals surface area contributed by atoms with Gasteiger partial charge < -0.3 is 5.32 Å². The van der Waals surface area contributed by atoms with E-state index in [1.165, 1.54) is 0 Å². The van der Waals surface area contributed by atoms with Gasteiger partial charge in [-0.25, -0.2) is 4.98 Å². The lowest BCUT2D eigenvalue weighted by atomic mass is 10.1. The summed E-state index contributed by atoms with van der Waals surface area (Å²) in [5.41, 5.74) is 3.76. The normalized spacial score (nSPS) is 14.0. The number of carbonyl (C=O) groups is 3. The highest BCUT2D eigenvalue weighted by molar-refractivity contribution is 6.23. The Kier molecular flexibility index (Phi) is 4.59. The third-order valence-corrected chi connectivity index (χ3v) is 5.73. The lowest BCUT2D eigenvalue weighted by Crippen LogP contribution is -2.45. The fourth-order valence-corrected chi connectivity index (χ4v) is 4.02. The van der Waals surface area contributed by atoms with Crippen LogP contribution in [0.2, 0.25) is 0 Å². The number of aryl methyl sites for hydroxylation is 1. The van der Waals surface area contributed by atoms with Crippen LogP contribution in [0.1, 0.15) is 33.2 Å². The highest BCUT2D eigenvalue weighted by Crippen LogP contribution is 2.31. The molecule has 7 nitrogen and oxygen atoms in total. The van der Waals surface area contributed by atoms with Crippen LogP contribution in [0.25, 0.3) is 16.9 Å². The number of fused-ring (bicyclic) bond motifs is 2. The summed E-state index contributed by atoms with van der Waals surface area (Å²) in [5, 5.41) is 2.92. The van der Waals surface area contributed by atoms with Crippen molar-refractivity contribution in [1.82, 2.24) is 14.3 Å². The molecule has 7 heteroatoms. The second-order valence-corrected chi connectivity index (χ2v) is 7.75. The summed E-state index contributed by atoms with van der Waals surface area (Å²) < 4.78 is 1.81. The van der Waals surface area contributed by atoms with E-state index in [-0.39, 0.29) is 0 Å². The van der Waals surface area contributed by atoms with E-state index in [1.807, 2.05) is 60.0 Å². The SMILES string of the molecule is Cc1cccn2c(NC(=O)C(C)N3C(=O)c4ccccc4C3=O)c(-c3ccccc3)nc12. The van der Waals surface area contributed by atoms with Crippen LogP contribution >= 0.6 is 0 Å². The van der Waals surface area contributed by atoms with Gasteiger partial charge in [0.25, 0.3) is 11.8 Å². The number of imide groups is 1. The third-order valence-electron chi connectivity index (χ3n) is 5.73. The van der Waals surface area contributed by atoms with E-state index in [1.54, 1.807) is 31.2 Å². The Morgan fingerprint density at radius 1 is 0.906 bits per heavy atom. The molecule has 1 unspecified atom stereocenters. The van der Waals surface area contributed by atoms with Crippen molar-refractivity contribution in [2.24, 2.45) is 0 Å². The predicted molar refractivity (Wildman–Crippen MR) is 120 cm³/mol. The van der Waals surface area contributed by atoms with Crippen LogP contribution in [-0.4, -0.2) is 38.0 Å². The number of hydrogen-bond donors (Lipinski definition) is 1. The first kappa shape index (κ1) is 19.7.